The number of carboxylic acids is 1. The summed E-state index contributed by atoms with van der Waals surface area (Å²) >= 11 is -0.366. The van der Waals surface area contributed by atoms with Gasteiger partial charge in [0.05, 0.1) is 4.90 Å². The highest BCUT2D eigenvalue weighted by atomic mass is 32.2. The van der Waals surface area contributed by atoms with Crippen LogP contribution in [-0.4, -0.2) is 31.0 Å². The summed E-state index contributed by atoms with van der Waals surface area (Å²) in [5, 5.41) is 8.97. The standard InChI is InChI=1S/C12H14F3NO4S2/c1-7(2)10(11(17)18)16-22(19,20)9-5-3-8(4-6-9)21-12(13,14)15/h3-7,10,16H,1-2H3,(H,17,18)/t10-/m1/s1. The molecule has 124 valence electrons. The van der Waals surface area contributed by atoms with E-state index in [0.29, 0.717) is 0 Å². The van der Waals surface area contributed by atoms with Crippen LogP contribution in [0.25, 0.3) is 0 Å². The molecule has 2 N–H and O–H groups in total. The third-order valence-electron chi connectivity index (χ3n) is 2.58. The van der Waals surface area contributed by atoms with Gasteiger partial charge in [-0.2, -0.15) is 17.9 Å². The molecule has 1 rings (SSSR count). The van der Waals surface area contributed by atoms with E-state index in [1.165, 1.54) is 13.8 Å². The number of thioether (sulfide) groups is 1. The van der Waals surface area contributed by atoms with Crippen LogP contribution < -0.4 is 4.72 Å². The van der Waals surface area contributed by atoms with E-state index < -0.39 is 33.5 Å². The number of carbonyl (C=O) groups is 1. The average Bonchev–Trinajstić information content (AvgIpc) is 2.34. The molecule has 1 atom stereocenters. The molecule has 0 aliphatic heterocycles. The number of halogens is 3. The van der Waals surface area contributed by atoms with Gasteiger partial charge in [-0.1, -0.05) is 13.8 Å². The van der Waals surface area contributed by atoms with Crippen LogP contribution in [0.2, 0.25) is 0 Å². The molecule has 0 aliphatic rings. The second-order valence-corrected chi connectivity index (χ2v) is 7.55. The van der Waals surface area contributed by atoms with Gasteiger partial charge in [0.1, 0.15) is 6.04 Å². The number of carboxylic acid groups (broad SMARTS) is 1. The second-order valence-electron chi connectivity index (χ2n) is 4.70. The fraction of sp³-hybridized carbons (Fsp3) is 0.417. The lowest BCUT2D eigenvalue weighted by Gasteiger charge is -2.18. The molecule has 0 heterocycles. The fourth-order valence-corrected chi connectivity index (χ4v) is 3.40. The quantitative estimate of drug-likeness (QED) is 0.765. The molecule has 22 heavy (non-hydrogen) atoms. The normalized spacial score (nSPS) is 14.1. The first kappa shape index (κ1) is 18.8. The Hall–Kier alpha value is -1.26. The van der Waals surface area contributed by atoms with E-state index in [1.54, 1.807) is 0 Å². The minimum absolute atomic E-state index is 0.162. The third kappa shape index (κ3) is 5.50. The van der Waals surface area contributed by atoms with Crippen molar-refractivity contribution < 1.29 is 31.5 Å². The lowest BCUT2D eigenvalue weighted by molar-refractivity contribution is -0.140. The van der Waals surface area contributed by atoms with Crippen LogP contribution in [0.5, 0.6) is 0 Å². The van der Waals surface area contributed by atoms with E-state index in [9.17, 15) is 26.4 Å². The Morgan fingerprint density at radius 2 is 1.73 bits per heavy atom. The predicted octanol–water partition coefficient (Wildman–Crippen LogP) is 2.69. The molecular formula is C12H14F3NO4S2. The van der Waals surface area contributed by atoms with Crippen molar-refractivity contribution in [3.63, 3.8) is 0 Å². The molecule has 0 saturated heterocycles. The lowest BCUT2D eigenvalue weighted by atomic mass is 10.1. The highest BCUT2D eigenvalue weighted by molar-refractivity contribution is 8.00. The van der Waals surface area contributed by atoms with Crippen LogP contribution in [0.3, 0.4) is 0 Å². The molecule has 0 unspecified atom stereocenters. The summed E-state index contributed by atoms with van der Waals surface area (Å²) < 4.78 is 62.7. The number of sulfonamides is 1. The van der Waals surface area contributed by atoms with Crippen molar-refractivity contribution in [2.75, 3.05) is 0 Å². The van der Waals surface area contributed by atoms with Gasteiger partial charge in [-0.15, -0.1) is 0 Å². The van der Waals surface area contributed by atoms with E-state index in [2.05, 4.69) is 0 Å². The van der Waals surface area contributed by atoms with Gasteiger partial charge in [0.15, 0.2) is 0 Å². The molecule has 0 aromatic heterocycles. The van der Waals surface area contributed by atoms with Crippen molar-refractivity contribution in [3.05, 3.63) is 24.3 Å². The van der Waals surface area contributed by atoms with Gasteiger partial charge in [0, 0.05) is 4.90 Å². The highest BCUT2D eigenvalue weighted by Crippen LogP contribution is 2.36. The average molecular weight is 357 g/mol. The number of hydrogen-bond donors (Lipinski definition) is 2. The molecule has 0 radical (unpaired) electrons. The summed E-state index contributed by atoms with van der Waals surface area (Å²) in [5.74, 6) is -1.82. The number of benzene rings is 1. The first-order valence-corrected chi connectivity index (χ1v) is 8.33. The van der Waals surface area contributed by atoms with Crippen LogP contribution in [0.15, 0.2) is 34.1 Å². The Bertz CT molecular complexity index is 627. The highest BCUT2D eigenvalue weighted by Gasteiger charge is 2.30. The number of rotatable bonds is 6. The summed E-state index contributed by atoms with van der Waals surface area (Å²) in [5.41, 5.74) is -4.47. The van der Waals surface area contributed by atoms with E-state index in [0.717, 1.165) is 24.3 Å². The topological polar surface area (TPSA) is 83.5 Å². The van der Waals surface area contributed by atoms with Gasteiger partial charge in [-0.3, -0.25) is 4.79 Å². The molecule has 0 bridgehead atoms. The molecular weight excluding hydrogens is 343 g/mol. The van der Waals surface area contributed by atoms with Crippen LogP contribution >= 0.6 is 11.8 Å². The summed E-state index contributed by atoms with van der Waals surface area (Å²) in [6, 6.07) is 2.69. The van der Waals surface area contributed by atoms with Crippen molar-refractivity contribution in [2.24, 2.45) is 5.92 Å². The first-order chi connectivity index (χ1) is 9.92. The lowest BCUT2D eigenvalue weighted by Crippen LogP contribution is -2.44. The molecule has 1 aromatic carbocycles. The van der Waals surface area contributed by atoms with Crippen molar-refractivity contribution in [2.45, 2.75) is 35.2 Å². The van der Waals surface area contributed by atoms with Crippen LogP contribution in [0, 0.1) is 5.92 Å². The monoisotopic (exact) mass is 357 g/mol. The first-order valence-electron chi connectivity index (χ1n) is 6.03. The van der Waals surface area contributed by atoms with Gasteiger partial charge in [-0.05, 0) is 41.9 Å². The number of nitrogens with one attached hydrogen (secondary N) is 1. The van der Waals surface area contributed by atoms with Gasteiger partial charge < -0.3 is 5.11 Å². The van der Waals surface area contributed by atoms with E-state index in [1.807, 2.05) is 4.72 Å². The number of alkyl halides is 3. The number of hydrogen-bond acceptors (Lipinski definition) is 4. The SMILES string of the molecule is CC(C)[C@@H](NS(=O)(=O)c1ccc(SC(F)(F)F)cc1)C(=O)O. The summed E-state index contributed by atoms with van der Waals surface area (Å²) in [6.45, 7) is 3.06. The van der Waals surface area contributed by atoms with E-state index in [-0.39, 0.29) is 21.6 Å². The molecule has 0 amide bonds. The maximum absolute atomic E-state index is 12.2. The second kappa shape index (κ2) is 6.88. The maximum Gasteiger partial charge on any atom is 0.446 e. The predicted molar refractivity (Wildman–Crippen MR) is 74.9 cm³/mol. The molecule has 0 aliphatic carbocycles. The van der Waals surface area contributed by atoms with Crippen molar-refractivity contribution in [3.8, 4) is 0 Å². The molecule has 1 aromatic rings. The molecule has 0 spiro atoms. The largest absolute Gasteiger partial charge is 0.480 e. The Morgan fingerprint density at radius 3 is 2.09 bits per heavy atom. The minimum atomic E-state index is -4.47. The van der Waals surface area contributed by atoms with Gasteiger partial charge in [-0.25, -0.2) is 8.42 Å². The fourth-order valence-electron chi connectivity index (χ4n) is 1.53. The van der Waals surface area contributed by atoms with Crippen LogP contribution in [0.1, 0.15) is 13.8 Å². The van der Waals surface area contributed by atoms with Crippen LogP contribution in [0.4, 0.5) is 13.2 Å². The minimum Gasteiger partial charge on any atom is -0.480 e. The zero-order valence-electron chi connectivity index (χ0n) is 11.6. The zero-order chi connectivity index (χ0) is 17.1. The van der Waals surface area contributed by atoms with Crippen molar-refractivity contribution in [1.29, 1.82) is 0 Å². The smallest absolute Gasteiger partial charge is 0.446 e. The summed E-state index contributed by atoms with van der Waals surface area (Å²) in [7, 11) is -4.13. The van der Waals surface area contributed by atoms with Crippen LogP contribution in [-0.2, 0) is 14.8 Å². The van der Waals surface area contributed by atoms with E-state index >= 15 is 0 Å². The van der Waals surface area contributed by atoms with Crippen molar-refractivity contribution >= 4 is 27.8 Å². The van der Waals surface area contributed by atoms with Crippen molar-refractivity contribution in [1.82, 2.24) is 4.72 Å². The molecule has 0 fully saturated rings. The molecule has 5 nitrogen and oxygen atoms in total. The Balaban J connectivity index is 2.96. The third-order valence-corrected chi connectivity index (χ3v) is 4.78. The number of aliphatic carboxylic acids is 1. The zero-order valence-corrected chi connectivity index (χ0v) is 13.2. The van der Waals surface area contributed by atoms with E-state index in [4.69, 9.17) is 5.11 Å². The Labute approximate surface area is 130 Å². The Morgan fingerprint density at radius 1 is 1.23 bits per heavy atom. The molecule has 10 heteroatoms. The maximum atomic E-state index is 12.2. The summed E-state index contributed by atoms with van der Waals surface area (Å²) in [4.78, 5) is 10.5. The molecule has 0 saturated carbocycles. The van der Waals surface area contributed by atoms with Gasteiger partial charge >= 0.3 is 11.5 Å². The van der Waals surface area contributed by atoms with Gasteiger partial charge in [0.2, 0.25) is 10.0 Å². The van der Waals surface area contributed by atoms with Gasteiger partial charge in [0.25, 0.3) is 0 Å². The summed E-state index contributed by atoms with van der Waals surface area (Å²) in [6.07, 6.45) is 0. The Kier molecular flexibility index (Phi) is 5.88.